The average molecular weight is 457 g/mol. The zero-order valence-electron chi connectivity index (χ0n) is 20.8. The van der Waals surface area contributed by atoms with Gasteiger partial charge in [0.15, 0.2) is 11.9 Å². The van der Waals surface area contributed by atoms with E-state index in [9.17, 15) is 19.8 Å². The van der Waals surface area contributed by atoms with Gasteiger partial charge in [-0.2, -0.15) is 0 Å². The van der Waals surface area contributed by atoms with Crippen LogP contribution in [0.2, 0.25) is 0 Å². The van der Waals surface area contributed by atoms with Crippen molar-refractivity contribution in [2.24, 2.45) is 39.9 Å². The van der Waals surface area contributed by atoms with Gasteiger partial charge in [0.05, 0.1) is 17.4 Å². The molecule has 0 heterocycles. The van der Waals surface area contributed by atoms with E-state index >= 15 is 0 Å². The fraction of sp³-hybridized carbons (Fsp3) is 0.786. The molecule has 5 aliphatic rings. The molecular weight excluding hydrogens is 416 g/mol. The molecule has 0 radical (unpaired) electrons. The largest absolute Gasteiger partial charge is 0.454 e. The van der Waals surface area contributed by atoms with Gasteiger partial charge in [-0.1, -0.05) is 52.2 Å². The molecule has 3 fully saturated rings. The minimum Gasteiger partial charge on any atom is -0.454 e. The normalized spacial score (nSPS) is 45.1. The van der Waals surface area contributed by atoms with Gasteiger partial charge < -0.3 is 14.9 Å². The third-order valence-electron chi connectivity index (χ3n) is 10.4. The molecule has 0 aromatic rings. The molecule has 5 aliphatic carbocycles. The van der Waals surface area contributed by atoms with Crippen molar-refractivity contribution >= 4 is 11.8 Å². The maximum Gasteiger partial charge on any atom is 0.312 e. The lowest BCUT2D eigenvalue weighted by Gasteiger charge is -2.47. The molecule has 0 amide bonds. The molecule has 5 heteroatoms. The lowest BCUT2D eigenvalue weighted by Crippen LogP contribution is -2.60. The number of carbonyl (C=O) groups excluding carboxylic acids is 2. The Morgan fingerprint density at radius 1 is 1.18 bits per heavy atom. The fourth-order valence-corrected chi connectivity index (χ4v) is 8.37. The summed E-state index contributed by atoms with van der Waals surface area (Å²) in [7, 11) is 0. The van der Waals surface area contributed by atoms with Crippen LogP contribution in [-0.4, -0.2) is 40.3 Å². The first-order valence-corrected chi connectivity index (χ1v) is 12.9. The summed E-state index contributed by atoms with van der Waals surface area (Å²) < 4.78 is 6.17. The van der Waals surface area contributed by atoms with E-state index in [1.54, 1.807) is 0 Å². The SMILES string of the molecule is CC1=C[C@]23C(=O)[C@@H](C=C(CO)C[C@]2(O)[C@H]1OC(=O)C1(C)CCCCC1)[C@H]1[C@@H](C[C@H]3C)C1(C)C. The molecule has 33 heavy (non-hydrogen) atoms. The average Bonchev–Trinajstić information content (AvgIpc) is 3.27. The molecule has 0 aromatic heterocycles. The summed E-state index contributed by atoms with van der Waals surface area (Å²) in [6, 6.07) is 0. The van der Waals surface area contributed by atoms with Gasteiger partial charge in [-0.15, -0.1) is 0 Å². The number of aliphatic hydroxyl groups excluding tert-OH is 1. The van der Waals surface area contributed by atoms with Crippen LogP contribution in [-0.2, 0) is 14.3 Å². The number of hydrogen-bond acceptors (Lipinski definition) is 5. The molecule has 2 bridgehead atoms. The Bertz CT molecular complexity index is 938. The second-order valence-corrected chi connectivity index (χ2v) is 12.7. The van der Waals surface area contributed by atoms with E-state index in [1.165, 1.54) is 0 Å². The first-order chi connectivity index (χ1) is 15.4. The van der Waals surface area contributed by atoms with Crippen LogP contribution in [0.1, 0.15) is 79.6 Å². The number of ether oxygens (including phenoxy) is 1. The monoisotopic (exact) mass is 456 g/mol. The van der Waals surface area contributed by atoms with E-state index in [2.05, 4.69) is 20.8 Å². The third kappa shape index (κ3) is 2.97. The highest BCUT2D eigenvalue weighted by molar-refractivity contribution is 5.95. The third-order valence-corrected chi connectivity index (χ3v) is 10.4. The maximum absolute atomic E-state index is 14.3. The number of allylic oxidation sites excluding steroid dienone is 1. The van der Waals surface area contributed by atoms with E-state index in [1.807, 2.05) is 26.0 Å². The highest BCUT2D eigenvalue weighted by Crippen LogP contribution is 2.71. The number of esters is 1. The lowest BCUT2D eigenvalue weighted by molar-refractivity contribution is -0.189. The maximum atomic E-state index is 14.3. The highest BCUT2D eigenvalue weighted by atomic mass is 16.6. The van der Waals surface area contributed by atoms with Crippen molar-refractivity contribution in [2.45, 2.75) is 91.3 Å². The summed E-state index contributed by atoms with van der Waals surface area (Å²) >= 11 is 0. The summed E-state index contributed by atoms with van der Waals surface area (Å²) in [4.78, 5) is 27.7. The second kappa shape index (κ2) is 7.27. The summed E-state index contributed by atoms with van der Waals surface area (Å²) in [5, 5.41) is 22.6. The molecule has 0 aromatic carbocycles. The van der Waals surface area contributed by atoms with Crippen molar-refractivity contribution in [3.05, 3.63) is 23.3 Å². The minimum atomic E-state index is -1.57. The molecule has 2 N–H and O–H groups in total. The van der Waals surface area contributed by atoms with Gasteiger partial charge in [-0.25, -0.2) is 0 Å². The number of Topliss-reactive ketones (excluding diaryl/α,β-unsaturated/α-hetero) is 1. The van der Waals surface area contributed by atoms with Gasteiger partial charge >= 0.3 is 5.97 Å². The van der Waals surface area contributed by atoms with Gasteiger partial charge in [-0.3, -0.25) is 9.59 Å². The van der Waals surface area contributed by atoms with Crippen LogP contribution in [0.15, 0.2) is 23.3 Å². The van der Waals surface area contributed by atoms with Crippen molar-refractivity contribution in [3.63, 3.8) is 0 Å². The van der Waals surface area contributed by atoms with Crippen molar-refractivity contribution in [2.75, 3.05) is 6.61 Å². The van der Waals surface area contributed by atoms with E-state index in [0.717, 1.165) is 44.1 Å². The van der Waals surface area contributed by atoms with E-state index in [-0.39, 0.29) is 47.9 Å². The molecule has 7 atom stereocenters. The Labute approximate surface area is 197 Å². The van der Waals surface area contributed by atoms with E-state index < -0.39 is 22.5 Å². The molecule has 5 rings (SSSR count). The zero-order chi connectivity index (χ0) is 24.0. The standard InChI is InChI=1S/C28H40O5/c1-16-13-27-17(2)11-20-21(25(20,3)4)19(22(27)30)12-18(15-29)14-28(27,32)23(16)33-24(31)26(5)9-7-6-8-10-26/h12-13,17,19-21,23,29,32H,6-11,14-15H2,1-5H3/t17-,19+,20-,21+,23+,27+,28+/m1/s1. The molecule has 0 saturated heterocycles. The van der Waals surface area contributed by atoms with E-state index in [4.69, 9.17) is 4.74 Å². The Morgan fingerprint density at radius 3 is 2.48 bits per heavy atom. The number of fused-ring (bicyclic) bond motifs is 3. The fourth-order valence-electron chi connectivity index (χ4n) is 8.37. The van der Waals surface area contributed by atoms with Crippen LogP contribution in [0.3, 0.4) is 0 Å². The molecule has 5 nitrogen and oxygen atoms in total. The molecule has 1 spiro atoms. The first-order valence-electron chi connectivity index (χ1n) is 12.9. The van der Waals surface area contributed by atoms with Gasteiger partial charge in [0.25, 0.3) is 0 Å². The number of aliphatic hydroxyl groups is 2. The lowest BCUT2D eigenvalue weighted by atomic mass is 9.59. The summed E-state index contributed by atoms with van der Waals surface area (Å²) in [6.45, 7) is 10.2. The number of ketones is 1. The molecular formula is C28H40O5. The van der Waals surface area contributed by atoms with Gasteiger partial charge in [0, 0.05) is 12.3 Å². The predicted molar refractivity (Wildman–Crippen MR) is 125 cm³/mol. The summed E-state index contributed by atoms with van der Waals surface area (Å²) in [5.41, 5.74) is -1.69. The van der Waals surface area contributed by atoms with Crippen molar-refractivity contribution < 1.29 is 24.5 Å². The molecule has 3 saturated carbocycles. The van der Waals surface area contributed by atoms with Crippen molar-refractivity contribution in [1.82, 2.24) is 0 Å². The van der Waals surface area contributed by atoms with Gasteiger partial charge in [0.2, 0.25) is 0 Å². The summed E-state index contributed by atoms with van der Waals surface area (Å²) in [6.07, 6.45) is 8.77. The molecule has 0 unspecified atom stereocenters. The Kier molecular flexibility index (Phi) is 5.13. The van der Waals surface area contributed by atoms with E-state index in [0.29, 0.717) is 11.5 Å². The second-order valence-electron chi connectivity index (χ2n) is 12.7. The van der Waals surface area contributed by atoms with Crippen molar-refractivity contribution in [3.8, 4) is 0 Å². The topological polar surface area (TPSA) is 83.8 Å². The van der Waals surface area contributed by atoms with Crippen LogP contribution in [0.25, 0.3) is 0 Å². The predicted octanol–water partition coefficient (Wildman–Crippen LogP) is 4.37. The Morgan fingerprint density at radius 2 is 1.85 bits per heavy atom. The highest BCUT2D eigenvalue weighted by Gasteiger charge is 2.74. The van der Waals surface area contributed by atoms with Gasteiger partial charge in [0.1, 0.15) is 5.60 Å². The van der Waals surface area contributed by atoms with Crippen LogP contribution < -0.4 is 0 Å². The van der Waals surface area contributed by atoms with Crippen LogP contribution >= 0.6 is 0 Å². The van der Waals surface area contributed by atoms with Crippen molar-refractivity contribution in [1.29, 1.82) is 0 Å². The Hall–Kier alpha value is -1.46. The Balaban J connectivity index is 1.57. The van der Waals surface area contributed by atoms with Crippen LogP contribution in [0.4, 0.5) is 0 Å². The van der Waals surface area contributed by atoms with Gasteiger partial charge in [-0.05, 0) is 67.4 Å². The first kappa shape index (κ1) is 23.3. The number of hydrogen-bond donors (Lipinski definition) is 2. The molecule has 182 valence electrons. The molecule has 0 aliphatic heterocycles. The number of carbonyl (C=O) groups is 2. The van der Waals surface area contributed by atoms with Crippen LogP contribution in [0.5, 0.6) is 0 Å². The number of rotatable bonds is 3. The smallest absolute Gasteiger partial charge is 0.312 e. The minimum absolute atomic E-state index is 0.0424. The zero-order valence-corrected chi connectivity index (χ0v) is 20.8. The van der Waals surface area contributed by atoms with Crippen LogP contribution in [0, 0.1) is 39.9 Å². The summed E-state index contributed by atoms with van der Waals surface area (Å²) in [5.74, 6) is 0.0207. The quantitative estimate of drug-likeness (QED) is 0.487.